The van der Waals surface area contributed by atoms with Gasteiger partial charge in [0.2, 0.25) is 0 Å². The summed E-state index contributed by atoms with van der Waals surface area (Å²) in [4.78, 5) is 1.32. The van der Waals surface area contributed by atoms with Crippen LogP contribution in [-0.2, 0) is 0 Å². The summed E-state index contributed by atoms with van der Waals surface area (Å²) in [5.41, 5.74) is 2.42. The van der Waals surface area contributed by atoms with E-state index in [0.717, 1.165) is 23.0 Å². The molecular weight excluding hydrogens is 262 g/mol. The molecule has 0 aliphatic carbocycles. The molecule has 1 N–H and O–H groups in total. The van der Waals surface area contributed by atoms with Gasteiger partial charge in [0.25, 0.3) is 0 Å². The third kappa shape index (κ3) is 4.28. The maximum absolute atomic E-state index is 5.83. The van der Waals surface area contributed by atoms with Crippen LogP contribution in [0.5, 0.6) is 0 Å². The lowest BCUT2D eigenvalue weighted by atomic mass is 10.2. The number of hydrogen-bond acceptors (Lipinski definition) is 2. The number of aryl methyl sites for hydroxylation is 1. The molecule has 0 amide bonds. The highest BCUT2D eigenvalue weighted by molar-refractivity contribution is 7.99. The number of anilines is 1. The SMILES string of the molecule is Cc1ccc(SCCNc2ccc(Cl)cc2)cc1. The first-order valence-electron chi connectivity index (χ1n) is 5.93. The van der Waals surface area contributed by atoms with Crippen LogP contribution in [0.4, 0.5) is 5.69 Å². The van der Waals surface area contributed by atoms with E-state index in [4.69, 9.17) is 11.6 Å². The van der Waals surface area contributed by atoms with Crippen LogP contribution in [0.15, 0.2) is 53.4 Å². The van der Waals surface area contributed by atoms with Crippen molar-refractivity contribution < 1.29 is 0 Å². The Bertz CT molecular complexity index is 431. The Morgan fingerprint density at radius 3 is 2.33 bits per heavy atom. The first kappa shape index (κ1) is 13.3. The Kier molecular flexibility index (Phi) is 4.97. The third-order valence-electron chi connectivity index (χ3n) is 2.57. The molecule has 0 saturated heterocycles. The summed E-state index contributed by atoms with van der Waals surface area (Å²) >= 11 is 7.70. The van der Waals surface area contributed by atoms with Crippen molar-refractivity contribution in [1.82, 2.24) is 0 Å². The Morgan fingerprint density at radius 2 is 1.67 bits per heavy atom. The zero-order valence-corrected chi connectivity index (χ0v) is 11.9. The first-order valence-corrected chi connectivity index (χ1v) is 7.29. The Balaban J connectivity index is 1.73. The van der Waals surface area contributed by atoms with Crippen LogP contribution in [0.1, 0.15) is 5.56 Å². The molecule has 0 aromatic heterocycles. The van der Waals surface area contributed by atoms with Gasteiger partial charge in [-0.25, -0.2) is 0 Å². The van der Waals surface area contributed by atoms with E-state index in [1.165, 1.54) is 10.5 Å². The summed E-state index contributed by atoms with van der Waals surface area (Å²) < 4.78 is 0. The summed E-state index contributed by atoms with van der Waals surface area (Å²) in [7, 11) is 0. The number of rotatable bonds is 5. The predicted molar refractivity (Wildman–Crippen MR) is 81.8 cm³/mol. The van der Waals surface area contributed by atoms with Gasteiger partial charge in [-0.3, -0.25) is 0 Å². The van der Waals surface area contributed by atoms with Crippen LogP contribution in [0, 0.1) is 6.92 Å². The van der Waals surface area contributed by atoms with Gasteiger partial charge in [0.15, 0.2) is 0 Å². The smallest absolute Gasteiger partial charge is 0.0407 e. The van der Waals surface area contributed by atoms with E-state index in [-0.39, 0.29) is 0 Å². The highest BCUT2D eigenvalue weighted by atomic mass is 35.5. The molecule has 2 rings (SSSR count). The molecular formula is C15H16ClNS. The van der Waals surface area contributed by atoms with Crippen LogP contribution in [0.3, 0.4) is 0 Å². The van der Waals surface area contributed by atoms with Gasteiger partial charge in [-0.2, -0.15) is 0 Å². The number of nitrogens with one attached hydrogen (secondary N) is 1. The largest absolute Gasteiger partial charge is 0.384 e. The molecule has 1 nitrogen and oxygen atoms in total. The van der Waals surface area contributed by atoms with Crippen LogP contribution < -0.4 is 5.32 Å². The standard InChI is InChI=1S/C15H16ClNS/c1-12-2-8-15(9-3-12)18-11-10-17-14-6-4-13(16)5-7-14/h2-9,17H,10-11H2,1H3. The topological polar surface area (TPSA) is 12.0 Å². The van der Waals surface area contributed by atoms with Gasteiger partial charge < -0.3 is 5.32 Å². The van der Waals surface area contributed by atoms with Gasteiger partial charge in [-0.1, -0.05) is 29.3 Å². The molecule has 0 fully saturated rings. The van der Waals surface area contributed by atoms with Crippen LogP contribution in [0.25, 0.3) is 0 Å². The lowest BCUT2D eigenvalue weighted by Gasteiger charge is -2.06. The molecule has 0 aliphatic rings. The second-order valence-corrected chi connectivity index (χ2v) is 5.70. The summed E-state index contributed by atoms with van der Waals surface area (Å²) in [5.74, 6) is 1.05. The van der Waals surface area contributed by atoms with Crippen LogP contribution in [-0.4, -0.2) is 12.3 Å². The fraction of sp³-hybridized carbons (Fsp3) is 0.200. The van der Waals surface area contributed by atoms with Crippen molar-refractivity contribution >= 4 is 29.1 Å². The van der Waals surface area contributed by atoms with Crippen molar-refractivity contribution in [3.8, 4) is 0 Å². The zero-order valence-electron chi connectivity index (χ0n) is 10.3. The van der Waals surface area contributed by atoms with E-state index in [0.29, 0.717) is 0 Å². The van der Waals surface area contributed by atoms with Gasteiger partial charge in [0, 0.05) is 27.9 Å². The van der Waals surface area contributed by atoms with E-state index < -0.39 is 0 Å². The second kappa shape index (κ2) is 6.72. The predicted octanol–water partition coefficient (Wildman–Crippen LogP) is 4.85. The molecule has 0 saturated carbocycles. The van der Waals surface area contributed by atoms with Gasteiger partial charge in [0.1, 0.15) is 0 Å². The number of hydrogen-bond donors (Lipinski definition) is 1. The number of thioether (sulfide) groups is 1. The lowest BCUT2D eigenvalue weighted by Crippen LogP contribution is -2.03. The molecule has 0 unspecified atom stereocenters. The molecule has 0 atom stereocenters. The van der Waals surface area contributed by atoms with Gasteiger partial charge >= 0.3 is 0 Å². The van der Waals surface area contributed by atoms with Gasteiger partial charge in [-0.15, -0.1) is 11.8 Å². The molecule has 18 heavy (non-hydrogen) atoms. The lowest BCUT2D eigenvalue weighted by molar-refractivity contribution is 1.22. The average molecular weight is 278 g/mol. The minimum absolute atomic E-state index is 0.773. The van der Waals surface area contributed by atoms with Crippen molar-refractivity contribution in [1.29, 1.82) is 0 Å². The Hall–Kier alpha value is -1.12. The minimum atomic E-state index is 0.773. The van der Waals surface area contributed by atoms with Gasteiger partial charge in [0.05, 0.1) is 0 Å². The molecule has 0 bridgehead atoms. The zero-order chi connectivity index (χ0) is 12.8. The van der Waals surface area contributed by atoms with E-state index in [1.54, 1.807) is 0 Å². The van der Waals surface area contributed by atoms with Crippen molar-refractivity contribution in [3.05, 3.63) is 59.1 Å². The maximum Gasteiger partial charge on any atom is 0.0407 e. The third-order valence-corrected chi connectivity index (χ3v) is 3.83. The van der Waals surface area contributed by atoms with E-state index in [9.17, 15) is 0 Å². The summed E-state index contributed by atoms with van der Waals surface area (Å²) in [5, 5.41) is 4.15. The summed E-state index contributed by atoms with van der Waals surface area (Å²) in [6.07, 6.45) is 0. The fourth-order valence-corrected chi connectivity index (χ4v) is 2.46. The van der Waals surface area contributed by atoms with Crippen molar-refractivity contribution in [2.75, 3.05) is 17.6 Å². The number of halogens is 1. The van der Waals surface area contributed by atoms with Crippen LogP contribution in [0.2, 0.25) is 5.02 Å². The highest BCUT2D eigenvalue weighted by Gasteiger charge is 1.95. The fourth-order valence-electron chi connectivity index (χ4n) is 1.57. The van der Waals surface area contributed by atoms with E-state index in [2.05, 4.69) is 36.5 Å². The van der Waals surface area contributed by atoms with Crippen molar-refractivity contribution in [2.24, 2.45) is 0 Å². The van der Waals surface area contributed by atoms with Gasteiger partial charge in [-0.05, 0) is 43.3 Å². The molecule has 3 heteroatoms. The van der Waals surface area contributed by atoms with Crippen LogP contribution >= 0.6 is 23.4 Å². The Morgan fingerprint density at radius 1 is 1.00 bits per heavy atom. The highest BCUT2D eigenvalue weighted by Crippen LogP contribution is 2.18. The Labute approximate surface area is 118 Å². The molecule has 0 spiro atoms. The second-order valence-electron chi connectivity index (χ2n) is 4.10. The number of benzene rings is 2. The van der Waals surface area contributed by atoms with E-state index >= 15 is 0 Å². The maximum atomic E-state index is 5.83. The normalized spacial score (nSPS) is 10.3. The monoisotopic (exact) mass is 277 g/mol. The van der Waals surface area contributed by atoms with E-state index in [1.807, 2.05) is 36.0 Å². The average Bonchev–Trinajstić information content (AvgIpc) is 2.39. The molecule has 0 radical (unpaired) electrons. The molecule has 0 aliphatic heterocycles. The summed E-state index contributed by atoms with van der Waals surface area (Å²) in [6, 6.07) is 16.4. The van der Waals surface area contributed by atoms with Crippen molar-refractivity contribution in [3.63, 3.8) is 0 Å². The quantitative estimate of drug-likeness (QED) is 0.619. The van der Waals surface area contributed by atoms with Crippen molar-refractivity contribution in [2.45, 2.75) is 11.8 Å². The summed E-state index contributed by atoms with van der Waals surface area (Å²) in [6.45, 7) is 3.05. The molecule has 2 aromatic rings. The minimum Gasteiger partial charge on any atom is -0.384 e. The molecule has 94 valence electrons. The first-order chi connectivity index (χ1) is 8.74. The molecule has 2 aromatic carbocycles. The molecule has 0 heterocycles.